The summed E-state index contributed by atoms with van der Waals surface area (Å²) < 4.78 is 0. The second-order valence-corrected chi connectivity index (χ2v) is 22.5. The monoisotopic (exact) mass is 1150 g/mol. The van der Waals surface area contributed by atoms with Crippen LogP contribution in [0.25, 0.3) is 0 Å². The van der Waals surface area contributed by atoms with E-state index in [-0.39, 0.29) is 38.1 Å². The molecule has 3 aliphatic heterocycles. The van der Waals surface area contributed by atoms with E-state index in [4.69, 9.17) is 5.11 Å². The lowest BCUT2D eigenvalue weighted by Gasteiger charge is -2.34. The van der Waals surface area contributed by atoms with Crippen LogP contribution in [0.1, 0.15) is 149 Å². The van der Waals surface area contributed by atoms with Gasteiger partial charge >= 0.3 is 5.97 Å². The number of aliphatic hydroxyl groups excluding tert-OH is 6. The Hall–Kier alpha value is -5.99. The number of hydrogen-bond acceptors (Lipinski definition) is 16. The van der Waals surface area contributed by atoms with E-state index in [1.165, 1.54) is 37.6 Å². The first-order valence-corrected chi connectivity index (χ1v) is 28.8. The summed E-state index contributed by atoms with van der Waals surface area (Å²) in [5, 5.41) is 102. The number of fused-ring (bicyclic) bond motifs is 2. The minimum absolute atomic E-state index is 0.00819. The molecule has 3 saturated heterocycles. The number of amides is 8. The van der Waals surface area contributed by atoms with Crippen LogP contribution >= 0.6 is 0 Å². The number of aliphatic carboxylic acids is 1. The van der Waals surface area contributed by atoms with Gasteiger partial charge in [0, 0.05) is 58.3 Å². The number of aromatic hydroxyl groups is 1. The lowest BCUT2D eigenvalue weighted by Crippen LogP contribution is -2.64. The highest BCUT2D eigenvalue weighted by molar-refractivity contribution is 5.98. The Kier molecular flexibility index (Phi) is 28.2. The molecule has 4 rings (SSSR count). The van der Waals surface area contributed by atoms with E-state index >= 15 is 0 Å². The van der Waals surface area contributed by atoms with E-state index in [9.17, 15) is 78.9 Å². The van der Waals surface area contributed by atoms with Crippen LogP contribution in [0.2, 0.25) is 0 Å². The normalized spacial score (nSPS) is 26.3. The Morgan fingerprint density at radius 1 is 0.679 bits per heavy atom. The maximum Gasteiger partial charge on any atom is 0.303 e. The lowest BCUT2D eigenvalue weighted by atomic mass is 9.91. The van der Waals surface area contributed by atoms with Crippen molar-refractivity contribution in [3.63, 3.8) is 0 Å². The van der Waals surface area contributed by atoms with Gasteiger partial charge in [0.05, 0.1) is 43.0 Å². The number of β-amino-alcohol motifs (C(OH)–C–C–N with tert-alkyl or cyclic N) is 1. The predicted octanol–water partition coefficient (Wildman–Crippen LogP) is -0.875. The largest absolute Gasteiger partial charge is 0.508 e. The predicted molar refractivity (Wildman–Crippen MR) is 293 cm³/mol. The zero-order valence-electron chi connectivity index (χ0n) is 47.3. The molecule has 0 saturated carbocycles. The van der Waals surface area contributed by atoms with Crippen molar-refractivity contribution in [3.8, 4) is 5.75 Å². The Morgan fingerprint density at radius 3 is 1.96 bits per heavy atom. The SMILES string of the molecule is CCC(C)CC(C)CCCCCCCCC(=O)N[C@H]1C[C@@H](O)CNC(=O)[C@@H]2[C@@H](O)CCN2C(=O)[C@H]([C@H](O)CC(=O)NCCCCCC(=O)O)NC(=O)[C@H]([C@H](O)Cc2ccc(O)cc2)NC(=O)[C@@H]2C[C@@H](O)CN2C(=O)[C@H]([C@@H](C)O)NC1=O. The van der Waals surface area contributed by atoms with Crippen molar-refractivity contribution in [2.24, 2.45) is 11.8 Å². The number of unbranched alkanes of at least 4 members (excludes halogenated alkanes) is 7. The minimum atomic E-state index is -2.13. The Morgan fingerprint density at radius 2 is 1.30 bits per heavy atom. The average molecular weight is 1150 g/mol. The van der Waals surface area contributed by atoms with Crippen LogP contribution in [-0.2, 0) is 49.6 Å². The fourth-order valence-corrected chi connectivity index (χ4v) is 10.6. The lowest BCUT2D eigenvalue weighted by molar-refractivity contribution is -0.147. The van der Waals surface area contributed by atoms with Crippen LogP contribution in [0.5, 0.6) is 5.75 Å². The fraction of sp³-hybridized carbons (Fsp3) is 0.732. The van der Waals surface area contributed by atoms with E-state index in [2.05, 4.69) is 52.7 Å². The van der Waals surface area contributed by atoms with Gasteiger partial charge in [-0.3, -0.25) is 43.2 Å². The number of phenolic OH excluding ortho intramolecular Hbond substituents is 1. The summed E-state index contributed by atoms with van der Waals surface area (Å²) in [5.41, 5.74) is 0.332. The molecule has 2 unspecified atom stereocenters. The summed E-state index contributed by atoms with van der Waals surface area (Å²) in [4.78, 5) is 126. The van der Waals surface area contributed by atoms with E-state index in [0.717, 1.165) is 54.7 Å². The first-order valence-electron chi connectivity index (χ1n) is 28.8. The summed E-state index contributed by atoms with van der Waals surface area (Å²) in [7, 11) is 0. The van der Waals surface area contributed by atoms with Crippen LogP contribution in [-0.4, -0.2) is 203 Å². The molecule has 1 aromatic carbocycles. The van der Waals surface area contributed by atoms with Gasteiger partial charge in [-0.25, -0.2) is 0 Å². The zero-order valence-corrected chi connectivity index (χ0v) is 47.3. The van der Waals surface area contributed by atoms with Gasteiger partial charge in [0.15, 0.2) is 0 Å². The van der Waals surface area contributed by atoms with Crippen LogP contribution in [0.15, 0.2) is 24.3 Å². The molecule has 0 spiro atoms. The van der Waals surface area contributed by atoms with E-state index in [1.54, 1.807) is 0 Å². The first kappa shape index (κ1) is 67.5. The number of aliphatic hydroxyl groups is 6. The van der Waals surface area contributed by atoms with Crippen LogP contribution in [0, 0.1) is 11.8 Å². The molecule has 8 amide bonds. The van der Waals surface area contributed by atoms with Gasteiger partial charge in [0.2, 0.25) is 47.3 Å². The second kappa shape index (κ2) is 33.8. The Bertz CT molecular complexity index is 2240. The van der Waals surface area contributed by atoms with E-state index < -0.39 is 165 Å². The van der Waals surface area contributed by atoms with Crippen molar-refractivity contribution < 1.29 is 84.0 Å². The number of phenols is 1. The topological polar surface area (TPSA) is 394 Å². The Balaban J connectivity index is 1.66. The number of carbonyl (C=O) groups is 9. The van der Waals surface area contributed by atoms with Crippen molar-refractivity contribution in [3.05, 3.63) is 29.8 Å². The molecule has 0 radical (unpaired) electrons. The number of carboxylic acids is 1. The molecule has 0 aromatic heterocycles. The van der Waals surface area contributed by atoms with Gasteiger partial charge in [-0.15, -0.1) is 0 Å². The Labute approximate surface area is 473 Å². The number of carboxylic acid groups (broad SMARTS) is 1. The van der Waals surface area contributed by atoms with Crippen molar-refractivity contribution in [2.75, 3.05) is 26.2 Å². The highest BCUT2D eigenvalue weighted by atomic mass is 16.4. The molecular weight excluding hydrogens is 1060 g/mol. The molecule has 14 atom stereocenters. The van der Waals surface area contributed by atoms with Gasteiger partial charge in [0.1, 0.15) is 42.0 Å². The van der Waals surface area contributed by atoms with Crippen molar-refractivity contribution in [1.29, 1.82) is 0 Å². The maximum absolute atomic E-state index is 14.7. The smallest absolute Gasteiger partial charge is 0.303 e. The second-order valence-electron chi connectivity index (χ2n) is 22.5. The van der Waals surface area contributed by atoms with Crippen LogP contribution in [0.4, 0.5) is 0 Å². The molecule has 3 aliphatic rings. The molecule has 25 heteroatoms. The summed E-state index contributed by atoms with van der Waals surface area (Å²) in [5.74, 6) is -8.00. The molecule has 1 aromatic rings. The number of carbonyl (C=O) groups excluding carboxylic acids is 8. The third-order valence-electron chi connectivity index (χ3n) is 15.4. The molecule has 3 fully saturated rings. The number of rotatable bonds is 26. The molecule has 14 N–H and O–H groups in total. The average Bonchev–Trinajstić information content (AvgIpc) is 4.14. The number of benzene rings is 1. The summed E-state index contributed by atoms with van der Waals surface area (Å²) in [6, 6.07) is -5.58. The summed E-state index contributed by atoms with van der Waals surface area (Å²) in [6.45, 7) is 6.46. The standard InChI is InChI=1S/C56H90N8O17/c1-5-32(2)25-33(3)15-11-8-6-7-9-12-16-44(72)59-39-27-37(67)30-58-54(79)50-41(69)22-24-63(50)56(81)49(43(71)29-45(73)57-23-14-10-13-17-46(74)75)62-53(78)48(42(70)26-35-18-20-36(66)21-19-35)61-52(77)40-28-38(68)31-64(40)55(80)47(34(4)65)60-51(39)76/h18-21,32-34,37-43,47-50,65-71H,5-17,22-31H2,1-4H3,(H,57,73)(H,58,79)(H,59,72)(H,60,76)(H,61,77)(H,62,78)(H,74,75)/t32?,33?,34-,37-,38-,39+,40+,41+,42-,43-,47+,48+,49+,50+/m1/s1. The van der Waals surface area contributed by atoms with Gasteiger partial charge < -0.3 is 82.6 Å². The van der Waals surface area contributed by atoms with Gasteiger partial charge in [0.25, 0.3) is 0 Å². The summed E-state index contributed by atoms with van der Waals surface area (Å²) in [6.07, 6.45) is -2.92. The first-order chi connectivity index (χ1) is 38.4. The zero-order chi connectivity index (χ0) is 59.9. The highest BCUT2D eigenvalue weighted by Gasteiger charge is 2.48. The van der Waals surface area contributed by atoms with Crippen LogP contribution in [0.3, 0.4) is 0 Å². The van der Waals surface area contributed by atoms with Crippen LogP contribution < -0.4 is 31.9 Å². The molecule has 0 bridgehead atoms. The van der Waals surface area contributed by atoms with Crippen molar-refractivity contribution in [2.45, 2.75) is 223 Å². The molecule has 0 aliphatic carbocycles. The molecule has 81 heavy (non-hydrogen) atoms. The third kappa shape index (κ3) is 22.0. The fourth-order valence-electron chi connectivity index (χ4n) is 10.6. The molecule has 25 nitrogen and oxygen atoms in total. The highest BCUT2D eigenvalue weighted by Crippen LogP contribution is 2.25. The van der Waals surface area contributed by atoms with Gasteiger partial charge in [-0.2, -0.15) is 0 Å². The molecule has 3 heterocycles. The number of hydrogen-bond donors (Lipinski definition) is 14. The number of nitrogens with zero attached hydrogens (tertiary/aromatic N) is 2. The minimum Gasteiger partial charge on any atom is -0.508 e. The summed E-state index contributed by atoms with van der Waals surface area (Å²) >= 11 is 0. The molecule has 456 valence electrons. The van der Waals surface area contributed by atoms with E-state index in [0.29, 0.717) is 43.1 Å². The van der Waals surface area contributed by atoms with E-state index in [1.807, 2.05) is 0 Å². The quantitative estimate of drug-likeness (QED) is 0.0501. The maximum atomic E-state index is 14.7. The van der Waals surface area contributed by atoms with Gasteiger partial charge in [-0.05, 0) is 68.6 Å². The van der Waals surface area contributed by atoms with Gasteiger partial charge in [-0.1, -0.05) is 84.3 Å². The molecular formula is C56H90N8O17. The van der Waals surface area contributed by atoms with Crippen molar-refractivity contribution in [1.82, 2.24) is 41.7 Å². The number of nitrogens with one attached hydrogen (secondary N) is 6. The third-order valence-corrected chi connectivity index (χ3v) is 15.4. The van der Waals surface area contributed by atoms with Crippen molar-refractivity contribution >= 4 is 53.2 Å².